The zero-order valence-corrected chi connectivity index (χ0v) is 13.3. The molecule has 0 saturated heterocycles. The van der Waals surface area contributed by atoms with Crippen LogP contribution in [-0.2, 0) is 18.4 Å². The van der Waals surface area contributed by atoms with E-state index in [0.29, 0.717) is 11.6 Å². The predicted molar refractivity (Wildman–Crippen MR) is 81.1 cm³/mol. The maximum atomic E-state index is 6.12. The molecule has 0 bridgehead atoms. The summed E-state index contributed by atoms with van der Waals surface area (Å²) in [7, 11) is 0. The van der Waals surface area contributed by atoms with Gasteiger partial charge in [-0.1, -0.05) is 39.3 Å². The molecule has 0 aromatic carbocycles. The highest BCUT2D eigenvalue weighted by molar-refractivity contribution is 6.29. The van der Waals surface area contributed by atoms with Crippen LogP contribution in [0.1, 0.15) is 51.5 Å². The number of halogens is 1. The van der Waals surface area contributed by atoms with E-state index in [0.717, 1.165) is 30.3 Å². The van der Waals surface area contributed by atoms with Crippen molar-refractivity contribution in [2.75, 3.05) is 0 Å². The molecule has 0 atom stereocenters. The monoisotopic (exact) mass is 292 g/mol. The molecule has 2 heterocycles. The fraction of sp³-hybridized carbons (Fsp3) is 0.533. The van der Waals surface area contributed by atoms with Crippen molar-refractivity contribution >= 4 is 11.6 Å². The highest BCUT2D eigenvalue weighted by Crippen LogP contribution is 2.21. The molecule has 2 aromatic rings. The fourth-order valence-corrected chi connectivity index (χ4v) is 2.21. The van der Waals surface area contributed by atoms with Crippen LogP contribution < -0.4 is 0 Å². The molecule has 2 rings (SSSR count). The van der Waals surface area contributed by atoms with Crippen LogP contribution in [0.5, 0.6) is 0 Å². The van der Waals surface area contributed by atoms with E-state index in [2.05, 4.69) is 47.2 Å². The van der Waals surface area contributed by atoms with Gasteiger partial charge in [0.15, 0.2) is 0 Å². The minimum absolute atomic E-state index is 0.113. The van der Waals surface area contributed by atoms with Gasteiger partial charge in [0.25, 0.3) is 0 Å². The van der Waals surface area contributed by atoms with Gasteiger partial charge < -0.3 is 4.57 Å². The molecule has 0 aliphatic heterocycles. The molecule has 5 heteroatoms. The molecule has 2 aromatic heterocycles. The summed E-state index contributed by atoms with van der Waals surface area (Å²) in [5.74, 6) is 1.79. The Morgan fingerprint density at radius 2 is 2.00 bits per heavy atom. The van der Waals surface area contributed by atoms with E-state index in [1.54, 1.807) is 0 Å². The lowest BCUT2D eigenvalue weighted by Gasteiger charge is -2.17. The molecular formula is C15H21ClN4. The Morgan fingerprint density at radius 1 is 1.25 bits per heavy atom. The van der Waals surface area contributed by atoms with E-state index in [9.17, 15) is 0 Å². The number of nitrogens with zero attached hydrogens (tertiary/aromatic N) is 4. The van der Waals surface area contributed by atoms with Crippen LogP contribution in [0.4, 0.5) is 0 Å². The standard InChI is InChI=1S/C15H21ClN4/c1-5-7-20-8-6-17-13(20)10-11-9-12(16)19-14(18-11)15(2,3)4/h6,8-9H,5,7,10H2,1-4H3. The van der Waals surface area contributed by atoms with E-state index in [1.165, 1.54) is 0 Å². The van der Waals surface area contributed by atoms with Gasteiger partial charge in [-0.3, -0.25) is 0 Å². The Morgan fingerprint density at radius 3 is 2.65 bits per heavy atom. The second kappa shape index (κ2) is 5.92. The first-order chi connectivity index (χ1) is 9.40. The summed E-state index contributed by atoms with van der Waals surface area (Å²) in [6, 6.07) is 1.82. The Balaban J connectivity index is 2.29. The number of imidazole rings is 1. The van der Waals surface area contributed by atoms with Crippen molar-refractivity contribution in [1.29, 1.82) is 0 Å². The molecule has 0 spiro atoms. The number of aromatic nitrogens is 4. The zero-order valence-electron chi connectivity index (χ0n) is 12.5. The topological polar surface area (TPSA) is 43.6 Å². The summed E-state index contributed by atoms with van der Waals surface area (Å²) < 4.78 is 2.16. The normalized spacial score (nSPS) is 11.8. The van der Waals surface area contributed by atoms with Gasteiger partial charge in [0.1, 0.15) is 16.8 Å². The fourth-order valence-electron chi connectivity index (χ4n) is 2.00. The van der Waals surface area contributed by atoms with Gasteiger partial charge in [0, 0.05) is 30.8 Å². The van der Waals surface area contributed by atoms with Gasteiger partial charge in [-0.25, -0.2) is 15.0 Å². The van der Waals surface area contributed by atoms with Crippen LogP contribution in [0, 0.1) is 0 Å². The second-order valence-corrected chi connectivity index (χ2v) is 6.36. The largest absolute Gasteiger partial charge is 0.335 e. The minimum Gasteiger partial charge on any atom is -0.335 e. The van der Waals surface area contributed by atoms with E-state index in [-0.39, 0.29) is 5.41 Å². The third-order valence-corrected chi connectivity index (χ3v) is 3.22. The van der Waals surface area contributed by atoms with Crippen molar-refractivity contribution in [3.05, 3.63) is 41.0 Å². The van der Waals surface area contributed by atoms with Gasteiger partial charge in [0.2, 0.25) is 0 Å². The van der Waals surface area contributed by atoms with Crippen molar-refractivity contribution in [3.63, 3.8) is 0 Å². The zero-order chi connectivity index (χ0) is 14.8. The molecule has 0 fully saturated rings. The van der Waals surface area contributed by atoms with Crippen LogP contribution >= 0.6 is 11.6 Å². The van der Waals surface area contributed by atoms with Crippen LogP contribution in [0.2, 0.25) is 5.15 Å². The number of hydrogen-bond donors (Lipinski definition) is 0. The summed E-state index contributed by atoms with van der Waals surface area (Å²) in [5, 5.41) is 0.494. The van der Waals surface area contributed by atoms with E-state index < -0.39 is 0 Å². The van der Waals surface area contributed by atoms with Crippen molar-refractivity contribution in [3.8, 4) is 0 Å². The van der Waals surface area contributed by atoms with Crippen molar-refractivity contribution in [1.82, 2.24) is 19.5 Å². The minimum atomic E-state index is -0.113. The smallest absolute Gasteiger partial charge is 0.135 e. The van der Waals surface area contributed by atoms with Gasteiger partial charge in [-0.05, 0) is 12.5 Å². The molecular weight excluding hydrogens is 272 g/mol. The molecule has 0 aliphatic carbocycles. The first kappa shape index (κ1) is 15.0. The molecule has 0 N–H and O–H groups in total. The second-order valence-electron chi connectivity index (χ2n) is 5.97. The third-order valence-electron chi connectivity index (χ3n) is 3.02. The molecule has 0 radical (unpaired) electrons. The quantitative estimate of drug-likeness (QED) is 0.808. The Labute approximate surface area is 125 Å². The Hall–Kier alpha value is -1.42. The van der Waals surface area contributed by atoms with Crippen LogP contribution in [0.3, 0.4) is 0 Å². The van der Waals surface area contributed by atoms with Crippen molar-refractivity contribution < 1.29 is 0 Å². The number of rotatable bonds is 4. The highest BCUT2D eigenvalue weighted by Gasteiger charge is 2.19. The SMILES string of the molecule is CCCn1ccnc1Cc1cc(Cl)nc(C(C)(C)C)n1. The van der Waals surface area contributed by atoms with Crippen LogP contribution in [0.15, 0.2) is 18.5 Å². The summed E-state index contributed by atoms with van der Waals surface area (Å²) in [6.07, 6.45) is 5.60. The summed E-state index contributed by atoms with van der Waals surface area (Å²) in [5.41, 5.74) is 0.803. The molecule has 0 saturated carbocycles. The molecule has 0 amide bonds. The first-order valence-electron chi connectivity index (χ1n) is 6.94. The Bertz CT molecular complexity index is 584. The summed E-state index contributed by atoms with van der Waals surface area (Å²) >= 11 is 6.12. The maximum absolute atomic E-state index is 6.12. The third kappa shape index (κ3) is 3.57. The average Bonchev–Trinajstić information content (AvgIpc) is 2.75. The first-order valence-corrected chi connectivity index (χ1v) is 7.32. The van der Waals surface area contributed by atoms with E-state index >= 15 is 0 Å². The lowest BCUT2D eigenvalue weighted by atomic mass is 9.95. The van der Waals surface area contributed by atoms with Gasteiger partial charge in [-0.15, -0.1) is 0 Å². The molecule has 4 nitrogen and oxygen atoms in total. The van der Waals surface area contributed by atoms with Crippen molar-refractivity contribution in [2.45, 2.75) is 52.5 Å². The predicted octanol–water partition coefficient (Wildman–Crippen LogP) is 3.62. The molecule has 108 valence electrons. The van der Waals surface area contributed by atoms with Crippen LogP contribution in [0.25, 0.3) is 0 Å². The lowest BCUT2D eigenvalue weighted by molar-refractivity contribution is 0.541. The number of aryl methyl sites for hydroxylation is 1. The molecule has 0 aliphatic rings. The number of hydrogen-bond acceptors (Lipinski definition) is 3. The van der Waals surface area contributed by atoms with Gasteiger partial charge in [0.05, 0.1) is 5.69 Å². The summed E-state index contributed by atoms with van der Waals surface area (Å²) in [4.78, 5) is 13.4. The highest BCUT2D eigenvalue weighted by atomic mass is 35.5. The molecule has 20 heavy (non-hydrogen) atoms. The summed E-state index contributed by atoms with van der Waals surface area (Å²) in [6.45, 7) is 9.38. The lowest BCUT2D eigenvalue weighted by Crippen LogP contribution is -2.17. The van der Waals surface area contributed by atoms with E-state index in [4.69, 9.17) is 11.6 Å². The maximum Gasteiger partial charge on any atom is 0.135 e. The van der Waals surface area contributed by atoms with Crippen LogP contribution in [-0.4, -0.2) is 19.5 Å². The van der Waals surface area contributed by atoms with E-state index in [1.807, 2.05) is 18.5 Å². The molecule has 0 unspecified atom stereocenters. The average molecular weight is 293 g/mol. The van der Waals surface area contributed by atoms with Crippen molar-refractivity contribution in [2.24, 2.45) is 0 Å². The van der Waals surface area contributed by atoms with Gasteiger partial charge in [-0.2, -0.15) is 0 Å². The van der Waals surface area contributed by atoms with Gasteiger partial charge >= 0.3 is 0 Å². The Kier molecular flexibility index (Phi) is 4.43.